The lowest BCUT2D eigenvalue weighted by atomic mass is 10.2. The van der Waals surface area contributed by atoms with Crippen molar-refractivity contribution in [3.05, 3.63) is 22.3 Å². The zero-order valence-electron chi connectivity index (χ0n) is 5.97. The quantitative estimate of drug-likeness (QED) is 0.572. The highest BCUT2D eigenvalue weighted by Crippen LogP contribution is 2.13. The molecule has 0 aliphatic carbocycles. The van der Waals surface area contributed by atoms with Crippen LogP contribution in [0.4, 0.5) is 5.82 Å². The molecule has 1 rings (SSSR count). The second kappa shape index (κ2) is 3.00. The van der Waals surface area contributed by atoms with E-state index in [0.717, 1.165) is 0 Å². The number of carbonyl (C=O) groups excluding carboxylic acids is 1. The van der Waals surface area contributed by atoms with Gasteiger partial charge in [-0.15, -0.1) is 0 Å². The van der Waals surface area contributed by atoms with Crippen LogP contribution in [-0.2, 0) is 0 Å². The zero-order valence-corrected chi connectivity index (χ0v) is 7.55. The van der Waals surface area contributed by atoms with E-state index in [1.54, 1.807) is 12.1 Å². The minimum atomic E-state index is -0.0671. The highest BCUT2D eigenvalue weighted by Gasteiger charge is 2.04. The molecule has 0 aromatic carbocycles. The maximum Gasteiger partial charge on any atom is 0.163 e. The highest BCUT2D eigenvalue weighted by molar-refractivity contribution is 9.10. The van der Waals surface area contributed by atoms with E-state index in [1.165, 1.54) is 6.92 Å². The number of nitrogen functional groups attached to an aromatic ring is 1. The molecule has 0 saturated carbocycles. The highest BCUT2D eigenvalue weighted by atomic mass is 79.9. The fourth-order valence-electron chi connectivity index (χ4n) is 0.748. The standard InChI is InChI=1S/C7H7BrN2O/c1-4(11)5-2-3-6(8)10-7(5)9/h2-3H,1H3,(H2,9,10). The molecule has 0 aliphatic rings. The third-order valence-corrected chi connectivity index (χ3v) is 1.71. The molecule has 0 bridgehead atoms. The summed E-state index contributed by atoms with van der Waals surface area (Å²) in [5.74, 6) is 0.203. The van der Waals surface area contributed by atoms with E-state index in [1.807, 2.05) is 0 Å². The van der Waals surface area contributed by atoms with E-state index in [4.69, 9.17) is 5.73 Å². The van der Waals surface area contributed by atoms with Crippen LogP contribution >= 0.6 is 15.9 Å². The lowest BCUT2D eigenvalue weighted by Gasteiger charge is -1.99. The summed E-state index contributed by atoms with van der Waals surface area (Å²) in [5, 5.41) is 0. The molecule has 0 radical (unpaired) electrons. The van der Waals surface area contributed by atoms with Gasteiger partial charge in [0.1, 0.15) is 10.4 Å². The average molecular weight is 215 g/mol. The van der Waals surface area contributed by atoms with Crippen molar-refractivity contribution >= 4 is 27.5 Å². The third-order valence-electron chi connectivity index (χ3n) is 1.27. The van der Waals surface area contributed by atoms with Gasteiger partial charge in [-0.1, -0.05) is 0 Å². The van der Waals surface area contributed by atoms with Crippen LogP contribution in [0, 0.1) is 0 Å². The van der Waals surface area contributed by atoms with Crippen LogP contribution in [0.15, 0.2) is 16.7 Å². The van der Waals surface area contributed by atoms with Crippen molar-refractivity contribution in [2.24, 2.45) is 0 Å². The van der Waals surface area contributed by atoms with Gasteiger partial charge in [0, 0.05) is 0 Å². The summed E-state index contributed by atoms with van der Waals surface area (Å²) in [6.07, 6.45) is 0. The number of hydrogen-bond acceptors (Lipinski definition) is 3. The summed E-state index contributed by atoms with van der Waals surface area (Å²) in [6, 6.07) is 3.34. The summed E-state index contributed by atoms with van der Waals surface area (Å²) in [7, 11) is 0. The van der Waals surface area contributed by atoms with Crippen LogP contribution in [0.5, 0.6) is 0 Å². The number of nitrogens with two attached hydrogens (primary N) is 1. The van der Waals surface area contributed by atoms with Gasteiger partial charge in [0.05, 0.1) is 5.56 Å². The minimum absolute atomic E-state index is 0.0671. The van der Waals surface area contributed by atoms with E-state index >= 15 is 0 Å². The second-order valence-electron chi connectivity index (χ2n) is 2.12. The van der Waals surface area contributed by atoms with Crippen molar-refractivity contribution in [2.45, 2.75) is 6.92 Å². The largest absolute Gasteiger partial charge is 0.383 e. The van der Waals surface area contributed by atoms with Crippen molar-refractivity contribution < 1.29 is 4.79 Å². The van der Waals surface area contributed by atoms with Crippen molar-refractivity contribution in [3.8, 4) is 0 Å². The van der Waals surface area contributed by atoms with E-state index in [0.29, 0.717) is 10.2 Å². The van der Waals surface area contributed by atoms with Crippen LogP contribution < -0.4 is 5.73 Å². The van der Waals surface area contributed by atoms with Gasteiger partial charge in [-0.2, -0.15) is 0 Å². The molecule has 0 saturated heterocycles. The molecule has 4 heteroatoms. The van der Waals surface area contributed by atoms with E-state index in [9.17, 15) is 4.79 Å². The lowest BCUT2D eigenvalue weighted by molar-refractivity contribution is 0.101. The van der Waals surface area contributed by atoms with E-state index in [-0.39, 0.29) is 11.6 Å². The Balaban J connectivity index is 3.20. The first-order valence-corrected chi connectivity index (χ1v) is 3.83. The van der Waals surface area contributed by atoms with Gasteiger partial charge in [-0.25, -0.2) is 4.98 Å². The van der Waals surface area contributed by atoms with Crippen LogP contribution in [0.1, 0.15) is 17.3 Å². The molecule has 0 fully saturated rings. The molecule has 0 amide bonds. The van der Waals surface area contributed by atoms with Crippen LogP contribution in [0.3, 0.4) is 0 Å². The summed E-state index contributed by atoms with van der Waals surface area (Å²) >= 11 is 3.14. The SMILES string of the molecule is CC(=O)c1ccc(Br)nc1N. The number of anilines is 1. The van der Waals surface area contributed by atoms with Crippen molar-refractivity contribution in [1.29, 1.82) is 0 Å². The number of aromatic nitrogens is 1. The number of hydrogen-bond donors (Lipinski definition) is 1. The van der Waals surface area contributed by atoms with Crippen molar-refractivity contribution in [2.75, 3.05) is 5.73 Å². The zero-order chi connectivity index (χ0) is 8.43. The van der Waals surface area contributed by atoms with Crippen molar-refractivity contribution in [1.82, 2.24) is 4.98 Å². The first kappa shape index (κ1) is 8.20. The molecule has 0 spiro atoms. The molecular formula is C7H7BrN2O. The molecule has 1 aromatic heterocycles. The normalized spacial score (nSPS) is 9.64. The van der Waals surface area contributed by atoms with Gasteiger partial charge in [-0.05, 0) is 35.0 Å². The minimum Gasteiger partial charge on any atom is -0.383 e. The smallest absolute Gasteiger partial charge is 0.163 e. The molecule has 2 N–H and O–H groups in total. The molecule has 11 heavy (non-hydrogen) atoms. The molecule has 0 unspecified atom stereocenters. The van der Waals surface area contributed by atoms with Gasteiger partial charge in [0.25, 0.3) is 0 Å². The Morgan fingerprint density at radius 1 is 1.64 bits per heavy atom. The van der Waals surface area contributed by atoms with Gasteiger partial charge in [-0.3, -0.25) is 4.79 Å². The number of ketones is 1. The molecule has 0 atom stereocenters. The van der Waals surface area contributed by atoms with Gasteiger partial charge < -0.3 is 5.73 Å². The Morgan fingerprint density at radius 2 is 2.27 bits per heavy atom. The Morgan fingerprint density at radius 3 is 2.73 bits per heavy atom. The number of Topliss-reactive ketones (excluding diaryl/α,β-unsaturated/α-hetero) is 1. The first-order chi connectivity index (χ1) is 5.11. The average Bonchev–Trinajstić information content (AvgIpc) is 1.85. The molecule has 1 heterocycles. The number of halogens is 1. The van der Waals surface area contributed by atoms with Gasteiger partial charge in [0.2, 0.25) is 0 Å². The maximum atomic E-state index is 10.8. The fraction of sp³-hybridized carbons (Fsp3) is 0.143. The molecule has 0 aliphatic heterocycles. The summed E-state index contributed by atoms with van der Waals surface area (Å²) in [5.41, 5.74) is 5.93. The molecule has 1 aromatic rings. The van der Waals surface area contributed by atoms with E-state index < -0.39 is 0 Å². The lowest BCUT2D eigenvalue weighted by Crippen LogP contribution is -2.01. The van der Waals surface area contributed by atoms with Gasteiger partial charge >= 0.3 is 0 Å². The predicted octanol–water partition coefficient (Wildman–Crippen LogP) is 1.63. The summed E-state index contributed by atoms with van der Waals surface area (Å²) in [6.45, 7) is 1.46. The Hall–Kier alpha value is -0.900. The number of pyridine rings is 1. The molecule has 58 valence electrons. The predicted molar refractivity (Wildman–Crippen MR) is 46.4 cm³/mol. The molecule has 3 nitrogen and oxygen atoms in total. The number of carbonyl (C=O) groups is 1. The number of nitrogens with zero attached hydrogens (tertiary/aromatic N) is 1. The Labute approximate surface area is 72.7 Å². The third kappa shape index (κ3) is 1.77. The van der Waals surface area contributed by atoms with Crippen LogP contribution in [0.25, 0.3) is 0 Å². The second-order valence-corrected chi connectivity index (χ2v) is 2.94. The van der Waals surface area contributed by atoms with Crippen LogP contribution in [0.2, 0.25) is 0 Å². The Kier molecular flexibility index (Phi) is 2.24. The van der Waals surface area contributed by atoms with E-state index in [2.05, 4.69) is 20.9 Å². The Bertz CT molecular complexity index is 298. The van der Waals surface area contributed by atoms with Gasteiger partial charge in [0.15, 0.2) is 5.78 Å². The van der Waals surface area contributed by atoms with Crippen LogP contribution in [-0.4, -0.2) is 10.8 Å². The topological polar surface area (TPSA) is 56.0 Å². The maximum absolute atomic E-state index is 10.8. The summed E-state index contributed by atoms with van der Waals surface area (Å²) in [4.78, 5) is 14.7. The first-order valence-electron chi connectivity index (χ1n) is 3.04. The molecular weight excluding hydrogens is 208 g/mol. The number of rotatable bonds is 1. The summed E-state index contributed by atoms with van der Waals surface area (Å²) < 4.78 is 0.639. The fourth-order valence-corrected chi connectivity index (χ4v) is 1.07. The monoisotopic (exact) mass is 214 g/mol. The van der Waals surface area contributed by atoms with Crippen molar-refractivity contribution in [3.63, 3.8) is 0 Å².